The summed E-state index contributed by atoms with van der Waals surface area (Å²) in [6.45, 7) is 4.44. The Kier molecular flexibility index (Phi) is 4.83. The van der Waals surface area contributed by atoms with E-state index in [1.807, 2.05) is 42.6 Å². The quantitative estimate of drug-likeness (QED) is 0.760. The predicted octanol–water partition coefficient (Wildman–Crippen LogP) is 4.07. The highest BCUT2D eigenvalue weighted by Crippen LogP contribution is 2.27. The third-order valence-corrected chi connectivity index (χ3v) is 5.33. The molecule has 0 radical (unpaired) electrons. The van der Waals surface area contributed by atoms with Gasteiger partial charge in [-0.05, 0) is 13.3 Å². The van der Waals surface area contributed by atoms with Gasteiger partial charge >= 0.3 is 0 Å². The second-order valence-corrected chi connectivity index (χ2v) is 7.19. The van der Waals surface area contributed by atoms with Crippen molar-refractivity contribution in [2.24, 2.45) is 0 Å². The van der Waals surface area contributed by atoms with Gasteiger partial charge in [-0.1, -0.05) is 37.3 Å². The number of carbonyl (C=O) groups excluding carboxylic acids is 1. The summed E-state index contributed by atoms with van der Waals surface area (Å²) in [6, 6.07) is 9.80. The van der Waals surface area contributed by atoms with Gasteiger partial charge in [-0.15, -0.1) is 22.7 Å². The van der Waals surface area contributed by atoms with Crippen LogP contribution in [0.25, 0.3) is 11.3 Å². The van der Waals surface area contributed by atoms with E-state index in [2.05, 4.69) is 22.2 Å². The van der Waals surface area contributed by atoms with Crippen molar-refractivity contribution in [1.82, 2.24) is 15.3 Å². The van der Waals surface area contributed by atoms with Gasteiger partial charge in [-0.2, -0.15) is 0 Å². The standard InChI is InChI=1S/C17H17N3OS2/c1-3-14-20-13(10-22-14)9-18-17(21)16-15(19-11(2)23-16)12-7-5-4-6-8-12/h4-8,10H,3,9H2,1-2H3,(H,18,21). The molecule has 0 aliphatic rings. The molecule has 0 saturated heterocycles. The van der Waals surface area contributed by atoms with E-state index < -0.39 is 0 Å². The average molecular weight is 343 g/mol. The molecule has 2 heterocycles. The van der Waals surface area contributed by atoms with Crippen molar-refractivity contribution in [1.29, 1.82) is 0 Å². The zero-order chi connectivity index (χ0) is 16.2. The van der Waals surface area contributed by atoms with Gasteiger partial charge in [0.15, 0.2) is 0 Å². The third-order valence-electron chi connectivity index (χ3n) is 3.32. The molecule has 2 aromatic heterocycles. The lowest BCUT2D eigenvalue weighted by Crippen LogP contribution is -2.22. The number of benzene rings is 1. The minimum atomic E-state index is -0.0968. The van der Waals surface area contributed by atoms with Crippen LogP contribution in [0.4, 0.5) is 0 Å². The van der Waals surface area contributed by atoms with Crippen LogP contribution in [0.3, 0.4) is 0 Å². The zero-order valence-corrected chi connectivity index (χ0v) is 14.6. The molecule has 1 amide bonds. The second-order valence-electron chi connectivity index (χ2n) is 5.05. The molecule has 118 valence electrons. The fourth-order valence-corrected chi connectivity index (χ4v) is 3.82. The molecule has 1 aromatic carbocycles. The summed E-state index contributed by atoms with van der Waals surface area (Å²) in [5, 5.41) is 6.92. The van der Waals surface area contributed by atoms with Crippen molar-refractivity contribution in [3.8, 4) is 11.3 Å². The molecule has 0 fully saturated rings. The molecule has 0 unspecified atom stereocenters. The lowest BCUT2D eigenvalue weighted by Gasteiger charge is -2.04. The summed E-state index contributed by atoms with van der Waals surface area (Å²) in [5.74, 6) is -0.0968. The number of hydrogen-bond acceptors (Lipinski definition) is 5. The minimum absolute atomic E-state index is 0.0968. The van der Waals surface area contributed by atoms with Crippen LogP contribution in [-0.4, -0.2) is 15.9 Å². The van der Waals surface area contributed by atoms with Crippen LogP contribution < -0.4 is 5.32 Å². The van der Waals surface area contributed by atoms with E-state index in [1.165, 1.54) is 11.3 Å². The Hall–Kier alpha value is -2.05. The van der Waals surface area contributed by atoms with Crippen LogP contribution in [0.2, 0.25) is 0 Å². The molecule has 0 aliphatic carbocycles. The Morgan fingerprint density at radius 2 is 2.00 bits per heavy atom. The molecule has 6 heteroatoms. The minimum Gasteiger partial charge on any atom is -0.346 e. The number of nitrogens with zero attached hydrogens (tertiary/aromatic N) is 2. The highest BCUT2D eigenvalue weighted by Gasteiger charge is 2.18. The molecule has 23 heavy (non-hydrogen) atoms. The number of rotatable bonds is 5. The number of hydrogen-bond donors (Lipinski definition) is 1. The average Bonchev–Trinajstić information content (AvgIpc) is 3.19. The fraction of sp³-hybridized carbons (Fsp3) is 0.235. The molecule has 0 atom stereocenters. The van der Waals surface area contributed by atoms with Crippen molar-refractivity contribution in [2.75, 3.05) is 0 Å². The molecule has 0 saturated carbocycles. The van der Waals surface area contributed by atoms with Crippen LogP contribution in [0, 0.1) is 6.92 Å². The second kappa shape index (κ2) is 7.02. The van der Waals surface area contributed by atoms with Crippen LogP contribution in [0.1, 0.15) is 32.3 Å². The summed E-state index contributed by atoms with van der Waals surface area (Å²) in [6.07, 6.45) is 0.921. The van der Waals surface area contributed by atoms with E-state index in [0.717, 1.165) is 33.4 Å². The van der Waals surface area contributed by atoms with Crippen LogP contribution in [-0.2, 0) is 13.0 Å². The van der Waals surface area contributed by atoms with E-state index >= 15 is 0 Å². The first-order valence-electron chi connectivity index (χ1n) is 7.41. The van der Waals surface area contributed by atoms with Gasteiger partial charge < -0.3 is 5.32 Å². The number of thiazole rings is 2. The van der Waals surface area contributed by atoms with E-state index in [4.69, 9.17) is 0 Å². The topological polar surface area (TPSA) is 54.9 Å². The maximum atomic E-state index is 12.5. The Bertz CT molecular complexity index is 808. The molecule has 0 aliphatic heterocycles. The number of amides is 1. The van der Waals surface area contributed by atoms with Crippen molar-refractivity contribution in [3.63, 3.8) is 0 Å². The zero-order valence-electron chi connectivity index (χ0n) is 13.0. The number of aryl methyl sites for hydroxylation is 2. The molecule has 3 rings (SSSR count). The van der Waals surface area contributed by atoms with E-state index in [9.17, 15) is 4.79 Å². The van der Waals surface area contributed by atoms with Crippen LogP contribution in [0.5, 0.6) is 0 Å². The summed E-state index contributed by atoms with van der Waals surface area (Å²) >= 11 is 3.05. The third kappa shape index (κ3) is 3.65. The normalized spacial score (nSPS) is 10.7. The molecule has 1 N–H and O–H groups in total. The van der Waals surface area contributed by atoms with Gasteiger partial charge in [0.05, 0.1) is 27.9 Å². The van der Waals surface area contributed by atoms with E-state index in [0.29, 0.717) is 11.4 Å². The van der Waals surface area contributed by atoms with Crippen molar-refractivity contribution >= 4 is 28.6 Å². The monoisotopic (exact) mass is 343 g/mol. The smallest absolute Gasteiger partial charge is 0.263 e. The van der Waals surface area contributed by atoms with Gasteiger partial charge in [0.2, 0.25) is 0 Å². The lowest BCUT2D eigenvalue weighted by atomic mass is 10.1. The van der Waals surface area contributed by atoms with Gasteiger partial charge in [-0.3, -0.25) is 4.79 Å². The number of aromatic nitrogens is 2. The van der Waals surface area contributed by atoms with E-state index in [-0.39, 0.29) is 5.91 Å². The molecular formula is C17H17N3OS2. The molecular weight excluding hydrogens is 326 g/mol. The summed E-state index contributed by atoms with van der Waals surface area (Å²) in [5.41, 5.74) is 2.62. The van der Waals surface area contributed by atoms with Crippen molar-refractivity contribution in [3.05, 3.63) is 56.3 Å². The highest BCUT2D eigenvalue weighted by atomic mass is 32.1. The Balaban J connectivity index is 1.77. The van der Waals surface area contributed by atoms with E-state index in [1.54, 1.807) is 11.3 Å². The van der Waals surface area contributed by atoms with Crippen LogP contribution in [0.15, 0.2) is 35.7 Å². The van der Waals surface area contributed by atoms with Gasteiger partial charge in [0.1, 0.15) is 4.88 Å². The van der Waals surface area contributed by atoms with Gasteiger partial charge in [0, 0.05) is 10.9 Å². The fourth-order valence-electron chi connectivity index (χ4n) is 2.22. The molecule has 0 bridgehead atoms. The maximum absolute atomic E-state index is 12.5. The number of carbonyl (C=O) groups is 1. The summed E-state index contributed by atoms with van der Waals surface area (Å²) in [7, 11) is 0. The SMILES string of the molecule is CCc1nc(CNC(=O)c2sc(C)nc2-c2ccccc2)cs1. The Labute approximate surface area is 143 Å². The largest absolute Gasteiger partial charge is 0.346 e. The molecule has 4 nitrogen and oxygen atoms in total. The predicted molar refractivity (Wildman–Crippen MR) is 94.9 cm³/mol. The number of nitrogens with one attached hydrogen (secondary N) is 1. The maximum Gasteiger partial charge on any atom is 0.263 e. The first-order valence-corrected chi connectivity index (χ1v) is 9.11. The molecule has 3 aromatic rings. The van der Waals surface area contributed by atoms with Crippen LogP contribution >= 0.6 is 22.7 Å². The Morgan fingerprint density at radius 3 is 2.70 bits per heavy atom. The molecule has 0 spiro atoms. The lowest BCUT2D eigenvalue weighted by molar-refractivity contribution is 0.0955. The van der Waals surface area contributed by atoms with Gasteiger partial charge in [0.25, 0.3) is 5.91 Å². The highest BCUT2D eigenvalue weighted by molar-refractivity contribution is 7.14. The first kappa shape index (κ1) is 15.8. The van der Waals surface area contributed by atoms with Crippen molar-refractivity contribution in [2.45, 2.75) is 26.8 Å². The van der Waals surface area contributed by atoms with Gasteiger partial charge in [-0.25, -0.2) is 9.97 Å². The summed E-state index contributed by atoms with van der Waals surface area (Å²) in [4.78, 5) is 22.2. The first-order chi connectivity index (χ1) is 11.2. The van der Waals surface area contributed by atoms with Crippen molar-refractivity contribution < 1.29 is 4.79 Å². The summed E-state index contributed by atoms with van der Waals surface area (Å²) < 4.78 is 0. The Morgan fingerprint density at radius 1 is 1.22 bits per heavy atom.